The highest BCUT2D eigenvalue weighted by Gasteiger charge is 2.31. The van der Waals surface area contributed by atoms with Crippen LogP contribution in [-0.4, -0.2) is 50.0 Å². The summed E-state index contributed by atoms with van der Waals surface area (Å²) in [6.45, 7) is 8.92. The summed E-state index contributed by atoms with van der Waals surface area (Å²) in [5.74, 6) is -0.777. The molecule has 2 rings (SSSR count). The van der Waals surface area contributed by atoms with E-state index in [4.69, 9.17) is 11.6 Å². The van der Waals surface area contributed by atoms with Crippen molar-refractivity contribution in [3.63, 3.8) is 0 Å². The second-order valence-electron chi connectivity index (χ2n) is 8.64. The Balaban J connectivity index is 2.45. The molecule has 2 aromatic carbocycles. The van der Waals surface area contributed by atoms with Gasteiger partial charge in [0.25, 0.3) is 0 Å². The second-order valence-corrected chi connectivity index (χ2v) is 11.0. The number of hydrogen-bond acceptors (Lipinski definition) is 4. The topological polar surface area (TPSA) is 86.8 Å². The molecule has 2 aromatic rings. The van der Waals surface area contributed by atoms with Crippen molar-refractivity contribution in [1.82, 2.24) is 10.2 Å². The largest absolute Gasteiger partial charge is 0.352 e. The van der Waals surface area contributed by atoms with Crippen molar-refractivity contribution in [2.24, 2.45) is 0 Å². The van der Waals surface area contributed by atoms with E-state index in [0.29, 0.717) is 16.3 Å². The molecule has 34 heavy (non-hydrogen) atoms. The first kappa shape index (κ1) is 27.7. The first-order valence-electron chi connectivity index (χ1n) is 11.2. The van der Waals surface area contributed by atoms with E-state index in [1.165, 1.54) is 11.0 Å². The monoisotopic (exact) mass is 507 g/mol. The van der Waals surface area contributed by atoms with Gasteiger partial charge in [0.1, 0.15) is 12.6 Å². The Morgan fingerprint density at radius 2 is 1.71 bits per heavy atom. The summed E-state index contributed by atoms with van der Waals surface area (Å²) in [5, 5.41) is 3.28. The quantitative estimate of drug-likeness (QED) is 0.525. The number of benzene rings is 2. The predicted molar refractivity (Wildman–Crippen MR) is 137 cm³/mol. The molecule has 0 radical (unpaired) electrons. The third-order valence-electron chi connectivity index (χ3n) is 5.89. The van der Waals surface area contributed by atoms with Crippen LogP contribution in [0.15, 0.2) is 42.5 Å². The zero-order valence-electron chi connectivity index (χ0n) is 20.6. The summed E-state index contributed by atoms with van der Waals surface area (Å²) in [5.41, 5.74) is 2.84. The lowest BCUT2D eigenvalue weighted by atomic mass is 10.1. The van der Waals surface area contributed by atoms with Gasteiger partial charge in [-0.25, -0.2) is 8.42 Å². The average Bonchev–Trinajstić information content (AvgIpc) is 2.77. The fourth-order valence-electron chi connectivity index (χ4n) is 3.47. The molecule has 0 saturated heterocycles. The Hall–Kier alpha value is -2.58. The highest BCUT2D eigenvalue weighted by atomic mass is 35.5. The van der Waals surface area contributed by atoms with E-state index in [1.807, 2.05) is 45.0 Å². The predicted octanol–water partition coefficient (Wildman–Crippen LogP) is 4.05. The molecule has 0 spiro atoms. The Morgan fingerprint density at radius 3 is 2.29 bits per heavy atom. The number of hydrogen-bond donors (Lipinski definition) is 1. The number of carbonyl (C=O) groups is 2. The summed E-state index contributed by atoms with van der Waals surface area (Å²) in [6.07, 6.45) is 1.80. The van der Waals surface area contributed by atoms with Gasteiger partial charge in [-0.1, -0.05) is 48.9 Å². The number of carbonyl (C=O) groups excluding carboxylic acids is 2. The molecule has 0 aliphatic heterocycles. The Morgan fingerprint density at radius 1 is 1.06 bits per heavy atom. The van der Waals surface area contributed by atoms with Gasteiger partial charge in [-0.15, -0.1) is 0 Å². The number of nitrogens with zero attached hydrogens (tertiary/aromatic N) is 2. The van der Waals surface area contributed by atoms with Crippen LogP contribution in [0.3, 0.4) is 0 Å². The third kappa shape index (κ3) is 7.21. The molecular formula is C25H34ClN3O4S. The van der Waals surface area contributed by atoms with Crippen LogP contribution in [-0.2, 0) is 26.2 Å². The summed E-state index contributed by atoms with van der Waals surface area (Å²) in [4.78, 5) is 28.0. The lowest BCUT2D eigenvalue weighted by molar-refractivity contribution is -0.139. The van der Waals surface area contributed by atoms with Crippen molar-refractivity contribution >= 4 is 39.1 Å². The molecule has 1 N–H and O–H groups in total. The molecule has 0 unspecified atom stereocenters. The molecule has 7 nitrogen and oxygen atoms in total. The fourth-order valence-corrected chi connectivity index (χ4v) is 4.53. The van der Waals surface area contributed by atoms with Gasteiger partial charge in [0.2, 0.25) is 21.8 Å². The van der Waals surface area contributed by atoms with Crippen molar-refractivity contribution in [1.29, 1.82) is 0 Å². The molecule has 0 aliphatic rings. The van der Waals surface area contributed by atoms with Gasteiger partial charge in [0.15, 0.2) is 0 Å². The van der Waals surface area contributed by atoms with Gasteiger partial charge in [-0.05, 0) is 62.9 Å². The van der Waals surface area contributed by atoms with E-state index in [2.05, 4.69) is 5.32 Å². The minimum atomic E-state index is -3.81. The van der Waals surface area contributed by atoms with Gasteiger partial charge in [0, 0.05) is 17.6 Å². The van der Waals surface area contributed by atoms with Crippen LogP contribution >= 0.6 is 11.6 Å². The SMILES string of the molecule is CC[C@@H](C)NC(=O)[C@@H](C)N(Cc1ccccc1C)C(=O)CN(c1cc(Cl)ccc1C)S(C)(=O)=O. The maximum atomic E-state index is 13.6. The number of amides is 2. The van der Waals surface area contributed by atoms with Crippen LogP contribution in [0, 0.1) is 13.8 Å². The first-order valence-corrected chi connectivity index (χ1v) is 13.5. The summed E-state index contributed by atoms with van der Waals surface area (Å²) >= 11 is 6.12. The number of halogens is 1. The Kier molecular flexibility index (Phi) is 9.53. The molecule has 0 heterocycles. The van der Waals surface area contributed by atoms with Gasteiger partial charge in [0.05, 0.1) is 11.9 Å². The third-order valence-corrected chi connectivity index (χ3v) is 7.25. The fraction of sp³-hybridized carbons (Fsp3) is 0.440. The van der Waals surface area contributed by atoms with E-state index in [1.54, 1.807) is 26.0 Å². The lowest BCUT2D eigenvalue weighted by Gasteiger charge is -2.32. The van der Waals surface area contributed by atoms with Crippen LogP contribution in [0.4, 0.5) is 5.69 Å². The number of anilines is 1. The molecule has 9 heteroatoms. The normalized spacial score (nSPS) is 13.1. The number of aryl methyl sites for hydroxylation is 2. The van der Waals surface area contributed by atoms with E-state index >= 15 is 0 Å². The summed E-state index contributed by atoms with van der Waals surface area (Å²) in [7, 11) is -3.81. The maximum Gasteiger partial charge on any atom is 0.244 e. The summed E-state index contributed by atoms with van der Waals surface area (Å²) in [6, 6.07) is 11.6. The first-order chi connectivity index (χ1) is 15.8. The minimum Gasteiger partial charge on any atom is -0.352 e. The van der Waals surface area contributed by atoms with Crippen LogP contribution in [0.1, 0.15) is 43.9 Å². The average molecular weight is 508 g/mol. The van der Waals surface area contributed by atoms with E-state index in [9.17, 15) is 18.0 Å². The molecule has 0 fully saturated rings. The Bertz CT molecular complexity index is 1140. The van der Waals surface area contributed by atoms with Crippen molar-refractivity contribution in [3.05, 3.63) is 64.2 Å². The summed E-state index contributed by atoms with van der Waals surface area (Å²) < 4.78 is 26.4. The Labute approximate surface area is 208 Å². The van der Waals surface area contributed by atoms with Crippen molar-refractivity contribution in [2.45, 2.75) is 59.7 Å². The molecule has 0 aromatic heterocycles. The van der Waals surface area contributed by atoms with Gasteiger partial charge < -0.3 is 10.2 Å². The lowest BCUT2D eigenvalue weighted by Crippen LogP contribution is -2.52. The molecule has 0 saturated carbocycles. The van der Waals surface area contributed by atoms with Gasteiger partial charge >= 0.3 is 0 Å². The number of sulfonamides is 1. The van der Waals surface area contributed by atoms with Crippen LogP contribution in [0.25, 0.3) is 0 Å². The standard InChI is InChI=1S/C25H34ClN3O4S/c1-7-19(4)27-25(31)20(5)28(15-21-11-9-8-10-17(21)2)24(30)16-29(34(6,32)33)23-14-22(26)13-12-18(23)3/h8-14,19-20H,7,15-16H2,1-6H3,(H,27,31)/t19-,20-/m1/s1. The van der Waals surface area contributed by atoms with Crippen molar-refractivity contribution in [2.75, 3.05) is 17.1 Å². The van der Waals surface area contributed by atoms with Crippen LogP contribution < -0.4 is 9.62 Å². The zero-order valence-corrected chi connectivity index (χ0v) is 22.2. The van der Waals surface area contributed by atoms with Crippen molar-refractivity contribution < 1.29 is 18.0 Å². The van der Waals surface area contributed by atoms with Crippen LogP contribution in [0.2, 0.25) is 5.02 Å². The highest BCUT2D eigenvalue weighted by molar-refractivity contribution is 7.92. The molecule has 0 bridgehead atoms. The van der Waals surface area contributed by atoms with E-state index in [0.717, 1.165) is 28.1 Å². The highest BCUT2D eigenvalue weighted by Crippen LogP contribution is 2.27. The molecule has 0 aliphatic carbocycles. The van der Waals surface area contributed by atoms with E-state index < -0.39 is 28.5 Å². The molecule has 186 valence electrons. The van der Waals surface area contributed by atoms with E-state index in [-0.39, 0.29) is 18.5 Å². The molecular weight excluding hydrogens is 474 g/mol. The van der Waals surface area contributed by atoms with Crippen molar-refractivity contribution in [3.8, 4) is 0 Å². The zero-order chi connectivity index (χ0) is 25.6. The van der Waals surface area contributed by atoms with Gasteiger partial charge in [-0.2, -0.15) is 0 Å². The van der Waals surface area contributed by atoms with Gasteiger partial charge in [-0.3, -0.25) is 13.9 Å². The van der Waals surface area contributed by atoms with Crippen LogP contribution in [0.5, 0.6) is 0 Å². The smallest absolute Gasteiger partial charge is 0.244 e. The number of rotatable bonds is 10. The minimum absolute atomic E-state index is 0.0491. The molecule has 2 amide bonds. The number of nitrogens with one attached hydrogen (secondary N) is 1. The maximum absolute atomic E-state index is 13.6. The molecule has 2 atom stereocenters. The second kappa shape index (κ2) is 11.7.